The lowest BCUT2D eigenvalue weighted by Gasteiger charge is -2.13. The third kappa shape index (κ3) is 2.38. The standard InChI is InChI=1S/C10H13BrN2O/c1-6(2)7(3)10(14)9-8(11)4-12-5-13-9/h4-7H,1-3H3. The first-order valence-corrected chi connectivity index (χ1v) is 5.33. The molecule has 76 valence electrons. The Labute approximate surface area is 92.1 Å². The minimum atomic E-state index is -0.0128. The van der Waals surface area contributed by atoms with Gasteiger partial charge in [0.25, 0.3) is 0 Å². The Morgan fingerprint density at radius 2 is 2.07 bits per heavy atom. The van der Waals surface area contributed by atoms with E-state index in [1.807, 2.05) is 20.8 Å². The fourth-order valence-corrected chi connectivity index (χ4v) is 1.43. The third-order valence-electron chi connectivity index (χ3n) is 2.31. The molecule has 0 N–H and O–H groups in total. The van der Waals surface area contributed by atoms with E-state index in [0.29, 0.717) is 16.1 Å². The average molecular weight is 257 g/mol. The summed E-state index contributed by atoms with van der Waals surface area (Å²) in [6.45, 7) is 5.97. The van der Waals surface area contributed by atoms with Gasteiger partial charge in [-0.3, -0.25) is 4.79 Å². The molecule has 1 rings (SSSR count). The zero-order valence-electron chi connectivity index (χ0n) is 8.49. The highest BCUT2D eigenvalue weighted by Crippen LogP contribution is 2.20. The van der Waals surface area contributed by atoms with Crippen LogP contribution in [0.4, 0.5) is 0 Å². The maximum Gasteiger partial charge on any atom is 0.185 e. The Bertz CT molecular complexity index is 339. The van der Waals surface area contributed by atoms with Crippen LogP contribution in [0.3, 0.4) is 0 Å². The van der Waals surface area contributed by atoms with Crippen LogP contribution in [0.5, 0.6) is 0 Å². The van der Waals surface area contributed by atoms with Gasteiger partial charge in [-0.15, -0.1) is 0 Å². The molecule has 1 aromatic rings. The molecule has 0 spiro atoms. The van der Waals surface area contributed by atoms with Crippen LogP contribution in [0, 0.1) is 11.8 Å². The molecule has 0 aliphatic heterocycles. The zero-order valence-corrected chi connectivity index (χ0v) is 10.1. The van der Waals surface area contributed by atoms with E-state index in [4.69, 9.17) is 0 Å². The van der Waals surface area contributed by atoms with Crippen molar-refractivity contribution in [3.05, 3.63) is 22.7 Å². The van der Waals surface area contributed by atoms with Crippen LogP contribution in [0.2, 0.25) is 0 Å². The SMILES string of the molecule is CC(C)C(C)C(=O)c1ncncc1Br. The number of hydrogen-bond acceptors (Lipinski definition) is 3. The van der Waals surface area contributed by atoms with Gasteiger partial charge in [-0.1, -0.05) is 20.8 Å². The maximum atomic E-state index is 11.9. The largest absolute Gasteiger partial charge is 0.292 e. The lowest BCUT2D eigenvalue weighted by molar-refractivity contribution is 0.0893. The normalized spacial score (nSPS) is 12.9. The van der Waals surface area contributed by atoms with Crippen LogP contribution < -0.4 is 0 Å². The molecule has 0 amide bonds. The van der Waals surface area contributed by atoms with Crippen molar-refractivity contribution in [1.82, 2.24) is 9.97 Å². The minimum absolute atomic E-state index is 0.0128. The Morgan fingerprint density at radius 3 is 2.57 bits per heavy atom. The molecular formula is C10H13BrN2O. The molecule has 1 atom stereocenters. The van der Waals surface area contributed by atoms with E-state index in [1.54, 1.807) is 6.20 Å². The highest BCUT2D eigenvalue weighted by atomic mass is 79.9. The number of aromatic nitrogens is 2. The molecule has 0 bridgehead atoms. The summed E-state index contributed by atoms with van der Waals surface area (Å²) in [4.78, 5) is 19.7. The van der Waals surface area contributed by atoms with E-state index in [9.17, 15) is 4.79 Å². The van der Waals surface area contributed by atoms with E-state index < -0.39 is 0 Å². The second-order valence-corrected chi connectivity index (χ2v) is 4.47. The highest BCUT2D eigenvalue weighted by Gasteiger charge is 2.21. The van der Waals surface area contributed by atoms with Crippen molar-refractivity contribution >= 4 is 21.7 Å². The molecule has 0 radical (unpaired) electrons. The van der Waals surface area contributed by atoms with Gasteiger partial charge in [-0.05, 0) is 21.8 Å². The number of rotatable bonds is 3. The minimum Gasteiger partial charge on any atom is -0.292 e. The molecule has 1 unspecified atom stereocenters. The molecule has 0 aliphatic carbocycles. The number of hydrogen-bond donors (Lipinski definition) is 0. The topological polar surface area (TPSA) is 42.9 Å². The number of halogens is 1. The summed E-state index contributed by atoms with van der Waals surface area (Å²) in [5.41, 5.74) is 0.473. The summed E-state index contributed by atoms with van der Waals surface area (Å²) < 4.78 is 0.664. The second-order valence-electron chi connectivity index (χ2n) is 3.62. The average Bonchev–Trinajstić information content (AvgIpc) is 2.16. The summed E-state index contributed by atoms with van der Waals surface area (Å²) in [6, 6.07) is 0. The van der Waals surface area contributed by atoms with Crippen molar-refractivity contribution in [2.45, 2.75) is 20.8 Å². The Morgan fingerprint density at radius 1 is 1.43 bits per heavy atom. The maximum absolute atomic E-state index is 11.9. The molecule has 4 heteroatoms. The zero-order chi connectivity index (χ0) is 10.7. The molecule has 0 fully saturated rings. The molecule has 1 aromatic heterocycles. The number of carbonyl (C=O) groups excluding carboxylic acids is 1. The van der Waals surface area contributed by atoms with Crippen molar-refractivity contribution in [3.63, 3.8) is 0 Å². The lowest BCUT2D eigenvalue weighted by Crippen LogP contribution is -2.18. The van der Waals surface area contributed by atoms with E-state index in [-0.39, 0.29) is 11.7 Å². The third-order valence-corrected chi connectivity index (χ3v) is 2.89. The second kappa shape index (κ2) is 4.64. The van der Waals surface area contributed by atoms with Gasteiger partial charge >= 0.3 is 0 Å². The van der Waals surface area contributed by atoms with Crippen molar-refractivity contribution in [2.24, 2.45) is 11.8 Å². The van der Waals surface area contributed by atoms with Gasteiger partial charge in [0, 0.05) is 12.1 Å². The number of Topliss-reactive ketones (excluding diaryl/α,β-unsaturated/α-hetero) is 1. The van der Waals surface area contributed by atoms with Gasteiger partial charge in [0.05, 0.1) is 4.47 Å². The summed E-state index contributed by atoms with van der Waals surface area (Å²) in [6.07, 6.45) is 2.98. The van der Waals surface area contributed by atoms with Crippen molar-refractivity contribution in [3.8, 4) is 0 Å². The summed E-state index contributed by atoms with van der Waals surface area (Å²) >= 11 is 3.27. The smallest absolute Gasteiger partial charge is 0.185 e. The first-order chi connectivity index (χ1) is 6.54. The Hall–Kier alpha value is -0.770. The molecule has 3 nitrogen and oxygen atoms in total. The number of ketones is 1. The molecule has 0 aromatic carbocycles. The van der Waals surface area contributed by atoms with Gasteiger partial charge in [0.1, 0.15) is 12.0 Å². The molecule has 0 saturated heterocycles. The van der Waals surface area contributed by atoms with Gasteiger partial charge in [0.15, 0.2) is 5.78 Å². The predicted molar refractivity (Wildman–Crippen MR) is 58.1 cm³/mol. The summed E-state index contributed by atoms with van der Waals surface area (Å²) in [7, 11) is 0. The van der Waals surface area contributed by atoms with Crippen molar-refractivity contribution in [2.75, 3.05) is 0 Å². The Kier molecular flexibility index (Phi) is 3.75. The molecule has 14 heavy (non-hydrogen) atoms. The fourth-order valence-electron chi connectivity index (χ4n) is 1.01. The van der Waals surface area contributed by atoms with Crippen LogP contribution in [-0.2, 0) is 0 Å². The summed E-state index contributed by atoms with van der Waals surface area (Å²) in [5.74, 6) is 0.375. The quantitative estimate of drug-likeness (QED) is 0.782. The van der Waals surface area contributed by atoms with Crippen LogP contribution in [0.15, 0.2) is 17.0 Å². The fraction of sp³-hybridized carbons (Fsp3) is 0.500. The number of nitrogens with zero attached hydrogens (tertiary/aromatic N) is 2. The van der Waals surface area contributed by atoms with E-state index in [0.717, 1.165) is 0 Å². The lowest BCUT2D eigenvalue weighted by atomic mass is 9.92. The van der Waals surface area contributed by atoms with Crippen LogP contribution >= 0.6 is 15.9 Å². The van der Waals surface area contributed by atoms with Gasteiger partial charge in [-0.2, -0.15) is 0 Å². The van der Waals surface area contributed by atoms with Gasteiger partial charge in [-0.25, -0.2) is 9.97 Å². The van der Waals surface area contributed by atoms with Crippen LogP contribution in [0.25, 0.3) is 0 Å². The molecule has 1 heterocycles. The van der Waals surface area contributed by atoms with E-state index in [1.165, 1.54) is 6.33 Å². The Balaban J connectivity index is 2.95. The van der Waals surface area contributed by atoms with Gasteiger partial charge in [0.2, 0.25) is 0 Å². The van der Waals surface area contributed by atoms with Crippen molar-refractivity contribution in [1.29, 1.82) is 0 Å². The number of carbonyl (C=O) groups is 1. The first kappa shape index (κ1) is 11.3. The van der Waals surface area contributed by atoms with E-state index >= 15 is 0 Å². The van der Waals surface area contributed by atoms with E-state index in [2.05, 4.69) is 25.9 Å². The highest BCUT2D eigenvalue weighted by molar-refractivity contribution is 9.10. The van der Waals surface area contributed by atoms with Crippen molar-refractivity contribution < 1.29 is 4.79 Å². The first-order valence-electron chi connectivity index (χ1n) is 4.53. The monoisotopic (exact) mass is 256 g/mol. The molecule has 0 saturated carbocycles. The van der Waals surface area contributed by atoms with Crippen LogP contribution in [0.1, 0.15) is 31.3 Å². The van der Waals surface area contributed by atoms with Crippen LogP contribution in [-0.4, -0.2) is 15.8 Å². The molecular weight excluding hydrogens is 244 g/mol. The predicted octanol–water partition coefficient (Wildman–Crippen LogP) is 2.71. The molecule has 0 aliphatic rings. The summed E-state index contributed by atoms with van der Waals surface area (Å²) in [5, 5.41) is 0. The van der Waals surface area contributed by atoms with Gasteiger partial charge < -0.3 is 0 Å².